The third kappa shape index (κ3) is 7.48. The van der Waals surface area contributed by atoms with Gasteiger partial charge in [-0.2, -0.15) is 13.2 Å². The molecule has 1 amide bonds. The second kappa shape index (κ2) is 12.3. The Kier molecular flexibility index (Phi) is 9.39. The lowest BCUT2D eigenvalue weighted by Gasteiger charge is -2.12. The number of hydrogen-bond donors (Lipinski definition) is 1. The number of esters is 1. The van der Waals surface area contributed by atoms with Gasteiger partial charge < -0.3 is 14.8 Å². The molecule has 0 radical (unpaired) electrons. The number of aryl methyl sites for hydroxylation is 2. The van der Waals surface area contributed by atoms with Gasteiger partial charge in [-0.3, -0.25) is 9.59 Å². The van der Waals surface area contributed by atoms with Crippen molar-refractivity contribution in [3.8, 4) is 16.9 Å². The quantitative estimate of drug-likeness (QED) is 0.230. The zero-order chi connectivity index (χ0) is 26.3. The molecule has 0 saturated carbocycles. The normalized spacial score (nSPS) is 11.3. The second-order valence-corrected chi connectivity index (χ2v) is 9.52. The van der Waals surface area contributed by atoms with Gasteiger partial charge in [-0.15, -0.1) is 11.3 Å². The Balaban J connectivity index is 1.49. The largest absolute Gasteiger partial charge is 0.494 e. The van der Waals surface area contributed by atoms with Crippen molar-refractivity contribution in [2.24, 2.45) is 0 Å². The minimum atomic E-state index is -4.36. The van der Waals surface area contributed by atoms with Crippen LogP contribution in [0.25, 0.3) is 11.1 Å². The zero-order valence-electron chi connectivity index (χ0n) is 19.7. The van der Waals surface area contributed by atoms with Crippen molar-refractivity contribution >= 4 is 34.8 Å². The van der Waals surface area contributed by atoms with Gasteiger partial charge in [0, 0.05) is 11.4 Å². The maximum atomic E-state index is 12.8. The van der Waals surface area contributed by atoms with Crippen LogP contribution in [0.4, 0.5) is 13.2 Å². The number of alkyl halides is 3. The van der Waals surface area contributed by atoms with E-state index in [4.69, 9.17) is 16.3 Å². The predicted molar refractivity (Wildman–Crippen MR) is 134 cm³/mol. The molecule has 0 bridgehead atoms. The Labute approximate surface area is 216 Å². The van der Waals surface area contributed by atoms with Gasteiger partial charge in [-0.25, -0.2) is 0 Å². The third-order valence-corrected chi connectivity index (χ3v) is 6.95. The van der Waals surface area contributed by atoms with Crippen molar-refractivity contribution in [3.63, 3.8) is 0 Å². The Morgan fingerprint density at radius 1 is 1.08 bits per heavy atom. The van der Waals surface area contributed by atoms with Gasteiger partial charge in [0.25, 0.3) is 5.91 Å². The third-order valence-electron chi connectivity index (χ3n) is 5.34. The molecule has 3 aromatic rings. The van der Waals surface area contributed by atoms with Crippen molar-refractivity contribution < 1.29 is 32.2 Å². The van der Waals surface area contributed by atoms with E-state index in [-0.39, 0.29) is 18.9 Å². The monoisotopic (exact) mass is 539 g/mol. The van der Waals surface area contributed by atoms with Crippen LogP contribution in [0.15, 0.2) is 48.5 Å². The summed E-state index contributed by atoms with van der Waals surface area (Å²) in [4.78, 5) is 24.8. The second-order valence-electron chi connectivity index (χ2n) is 7.98. The van der Waals surface area contributed by atoms with E-state index in [0.29, 0.717) is 40.7 Å². The number of hydrogen-bond acceptors (Lipinski definition) is 5. The van der Waals surface area contributed by atoms with Crippen LogP contribution in [0.3, 0.4) is 0 Å². The number of carbonyl (C=O) groups excluding carboxylic acids is 2. The maximum Gasteiger partial charge on any atom is 0.416 e. The molecule has 3 rings (SSSR count). The number of thiophene rings is 1. The lowest BCUT2D eigenvalue weighted by atomic mass is 9.99. The fourth-order valence-electron chi connectivity index (χ4n) is 3.48. The summed E-state index contributed by atoms with van der Waals surface area (Å²) in [5.74, 6) is -0.0734. The molecule has 1 heterocycles. The summed E-state index contributed by atoms with van der Waals surface area (Å²) in [7, 11) is 1.29. The predicted octanol–water partition coefficient (Wildman–Crippen LogP) is 6.70. The van der Waals surface area contributed by atoms with Crippen molar-refractivity contribution in [2.75, 3.05) is 20.3 Å². The minimum Gasteiger partial charge on any atom is -0.494 e. The molecule has 36 heavy (non-hydrogen) atoms. The number of benzene rings is 2. The molecular formula is C26H25ClF3NO4S. The van der Waals surface area contributed by atoms with Crippen LogP contribution < -0.4 is 10.1 Å². The SMILES string of the molecule is COC(=O)CCNC(=O)c1sc(CCCOc2ccc(-c3ccc(C(F)(F)F)cc3)c(C)c2)cc1Cl. The fraction of sp³-hybridized carbons (Fsp3) is 0.308. The van der Waals surface area contributed by atoms with Gasteiger partial charge in [0.1, 0.15) is 10.6 Å². The van der Waals surface area contributed by atoms with Gasteiger partial charge in [-0.05, 0) is 66.8 Å². The summed E-state index contributed by atoms with van der Waals surface area (Å²) in [6.07, 6.45) is -2.91. The van der Waals surface area contributed by atoms with Crippen molar-refractivity contribution in [1.82, 2.24) is 5.32 Å². The first-order valence-electron chi connectivity index (χ1n) is 11.1. The first-order chi connectivity index (χ1) is 17.1. The van der Waals surface area contributed by atoms with E-state index in [2.05, 4.69) is 10.1 Å². The Morgan fingerprint density at radius 2 is 1.81 bits per heavy atom. The molecule has 5 nitrogen and oxygen atoms in total. The minimum absolute atomic E-state index is 0.0836. The highest BCUT2D eigenvalue weighted by atomic mass is 35.5. The lowest BCUT2D eigenvalue weighted by Crippen LogP contribution is -2.25. The van der Waals surface area contributed by atoms with E-state index in [1.165, 1.54) is 30.6 Å². The standard InChI is InChI=1S/C26H25ClF3NO4S/c1-16-14-19(9-10-21(16)17-5-7-18(8-6-17)26(28,29)30)35-13-3-4-20-15-22(27)24(36-20)25(33)31-12-11-23(32)34-2/h5-10,14-15H,3-4,11-13H2,1-2H3,(H,31,33). The van der Waals surface area contributed by atoms with Gasteiger partial charge in [0.2, 0.25) is 0 Å². The Hall–Kier alpha value is -3.04. The van der Waals surface area contributed by atoms with Crippen molar-refractivity contribution in [1.29, 1.82) is 0 Å². The fourth-order valence-corrected chi connectivity index (χ4v) is 4.88. The van der Waals surface area contributed by atoms with Gasteiger partial charge in [0.15, 0.2) is 0 Å². The molecule has 0 aliphatic rings. The number of rotatable bonds is 10. The van der Waals surface area contributed by atoms with E-state index in [1.807, 2.05) is 19.1 Å². The first-order valence-corrected chi connectivity index (χ1v) is 12.3. The average Bonchev–Trinajstić information content (AvgIpc) is 3.21. The highest BCUT2D eigenvalue weighted by molar-refractivity contribution is 7.14. The highest BCUT2D eigenvalue weighted by Gasteiger charge is 2.30. The molecular weight excluding hydrogens is 515 g/mol. The van der Waals surface area contributed by atoms with Crippen LogP contribution in [-0.4, -0.2) is 32.1 Å². The number of carbonyl (C=O) groups is 2. The summed E-state index contributed by atoms with van der Waals surface area (Å²) < 4.78 is 48.8. The summed E-state index contributed by atoms with van der Waals surface area (Å²) in [5, 5.41) is 3.01. The van der Waals surface area contributed by atoms with Crippen molar-refractivity contribution in [2.45, 2.75) is 32.4 Å². The molecule has 1 N–H and O–H groups in total. The van der Waals surface area contributed by atoms with Crippen LogP contribution in [0.1, 0.15) is 38.5 Å². The number of amides is 1. The van der Waals surface area contributed by atoms with E-state index >= 15 is 0 Å². The van der Waals surface area contributed by atoms with E-state index in [9.17, 15) is 22.8 Å². The molecule has 1 aromatic heterocycles. The molecule has 0 spiro atoms. The smallest absolute Gasteiger partial charge is 0.416 e. The zero-order valence-corrected chi connectivity index (χ0v) is 21.3. The van der Waals surface area contributed by atoms with Crippen molar-refractivity contribution in [3.05, 3.63) is 74.4 Å². The Morgan fingerprint density at radius 3 is 2.44 bits per heavy atom. The number of methoxy groups -OCH3 is 1. The van der Waals surface area contributed by atoms with Gasteiger partial charge >= 0.3 is 12.1 Å². The topological polar surface area (TPSA) is 64.6 Å². The van der Waals surface area contributed by atoms with Crippen LogP contribution in [0, 0.1) is 6.92 Å². The maximum absolute atomic E-state index is 12.8. The number of ether oxygens (including phenoxy) is 2. The lowest BCUT2D eigenvalue weighted by molar-refractivity contribution is -0.140. The Bertz CT molecular complexity index is 1210. The van der Waals surface area contributed by atoms with E-state index in [0.717, 1.165) is 28.1 Å². The molecule has 0 saturated heterocycles. The number of halogens is 4. The van der Waals surface area contributed by atoms with E-state index < -0.39 is 17.7 Å². The molecule has 0 aliphatic heterocycles. The summed E-state index contributed by atoms with van der Waals surface area (Å²) in [6.45, 7) is 2.49. The number of nitrogens with one attached hydrogen (secondary N) is 1. The van der Waals surface area contributed by atoms with Crippen LogP contribution in [0.2, 0.25) is 5.02 Å². The molecule has 192 valence electrons. The van der Waals surface area contributed by atoms with E-state index in [1.54, 1.807) is 12.1 Å². The first kappa shape index (κ1) is 27.5. The van der Waals surface area contributed by atoms with Gasteiger partial charge in [0.05, 0.1) is 30.7 Å². The molecule has 0 fully saturated rings. The van der Waals surface area contributed by atoms with Crippen LogP contribution in [0.5, 0.6) is 5.75 Å². The van der Waals surface area contributed by atoms with Gasteiger partial charge in [-0.1, -0.05) is 29.8 Å². The average molecular weight is 540 g/mol. The molecule has 2 aromatic carbocycles. The van der Waals surface area contributed by atoms with Crippen LogP contribution >= 0.6 is 22.9 Å². The summed E-state index contributed by atoms with van der Waals surface area (Å²) in [5.41, 5.74) is 1.75. The molecule has 0 unspecified atom stereocenters. The summed E-state index contributed by atoms with van der Waals surface area (Å²) in [6, 6.07) is 12.3. The molecule has 10 heteroatoms. The van der Waals surface area contributed by atoms with Crippen LogP contribution in [-0.2, 0) is 22.1 Å². The summed E-state index contributed by atoms with van der Waals surface area (Å²) >= 11 is 7.50. The highest BCUT2D eigenvalue weighted by Crippen LogP contribution is 2.33. The molecule has 0 atom stereocenters. The molecule has 0 aliphatic carbocycles.